The Bertz CT molecular complexity index is 704. The Kier molecular flexibility index (Phi) is 4.69. The van der Waals surface area contributed by atoms with Gasteiger partial charge in [0.05, 0.1) is 11.0 Å². The van der Waals surface area contributed by atoms with Gasteiger partial charge in [0.1, 0.15) is 5.82 Å². The summed E-state index contributed by atoms with van der Waals surface area (Å²) < 4.78 is 2.39. The molecule has 1 atom stereocenters. The van der Waals surface area contributed by atoms with Crippen LogP contribution in [0.3, 0.4) is 0 Å². The van der Waals surface area contributed by atoms with E-state index < -0.39 is 0 Å². The van der Waals surface area contributed by atoms with E-state index in [0.29, 0.717) is 0 Å². The molecule has 23 heavy (non-hydrogen) atoms. The Hall–Kier alpha value is -1.84. The van der Waals surface area contributed by atoms with Crippen LogP contribution in [0.15, 0.2) is 12.1 Å². The first-order valence-corrected chi connectivity index (χ1v) is 8.95. The Labute approximate surface area is 138 Å². The van der Waals surface area contributed by atoms with Gasteiger partial charge in [-0.3, -0.25) is 4.79 Å². The van der Waals surface area contributed by atoms with Gasteiger partial charge in [0, 0.05) is 30.3 Å². The van der Waals surface area contributed by atoms with E-state index in [1.165, 1.54) is 29.7 Å². The molecular formula is C19H27N3O. The van der Waals surface area contributed by atoms with Crippen LogP contribution >= 0.6 is 0 Å². The maximum Gasteiger partial charge on any atom is 0.214 e. The lowest BCUT2D eigenvalue weighted by atomic mass is 9.96. The number of nitrogens with zero attached hydrogens (tertiary/aromatic N) is 3. The number of aromatic nitrogens is 2. The topological polar surface area (TPSA) is 38.1 Å². The molecule has 0 fully saturated rings. The number of fused-ring (bicyclic) bond motifs is 3. The molecule has 1 aromatic heterocycles. The lowest BCUT2D eigenvalue weighted by Crippen LogP contribution is -2.36. The van der Waals surface area contributed by atoms with Crippen molar-refractivity contribution in [2.24, 2.45) is 0 Å². The minimum absolute atomic E-state index is 0.273. The van der Waals surface area contributed by atoms with Crippen molar-refractivity contribution in [2.45, 2.75) is 71.9 Å². The number of anilines is 1. The molecule has 0 radical (unpaired) electrons. The average Bonchev–Trinajstić information content (AvgIpc) is 2.90. The maximum atomic E-state index is 11.5. The molecule has 0 aliphatic carbocycles. The van der Waals surface area contributed by atoms with Gasteiger partial charge in [-0.1, -0.05) is 20.3 Å². The summed E-state index contributed by atoms with van der Waals surface area (Å²) in [6.45, 7) is 7.58. The van der Waals surface area contributed by atoms with Crippen LogP contribution in [0.4, 0.5) is 5.69 Å². The molecule has 1 unspecified atom stereocenters. The smallest absolute Gasteiger partial charge is 0.214 e. The van der Waals surface area contributed by atoms with E-state index in [4.69, 9.17) is 4.98 Å². The molecule has 1 aromatic carbocycles. The van der Waals surface area contributed by atoms with Crippen molar-refractivity contribution in [2.75, 3.05) is 4.90 Å². The monoisotopic (exact) mass is 313 g/mol. The number of carbonyl (C=O) groups excluding carboxylic acids is 1. The van der Waals surface area contributed by atoms with Crippen LogP contribution in [0.25, 0.3) is 11.0 Å². The first kappa shape index (κ1) is 16.0. The predicted molar refractivity (Wildman–Crippen MR) is 95.0 cm³/mol. The Morgan fingerprint density at radius 3 is 2.83 bits per heavy atom. The lowest BCUT2D eigenvalue weighted by molar-refractivity contribution is -0.107. The van der Waals surface area contributed by atoms with Crippen LogP contribution in [0.1, 0.15) is 57.8 Å². The average molecular weight is 313 g/mol. The Balaban J connectivity index is 2.14. The lowest BCUT2D eigenvalue weighted by Gasteiger charge is -2.32. The number of rotatable bonds is 6. The minimum Gasteiger partial charge on any atom is -0.328 e. The summed E-state index contributed by atoms with van der Waals surface area (Å²) in [5.41, 5.74) is 4.65. The molecule has 0 saturated heterocycles. The standard InChI is InChI=1S/C19H27N3O/c1-4-6-12-21-17-11-10-16-15(9-8-14(3)22(16)13-23)19(17)20-18(21)7-5-2/h10-11,13-14H,4-9,12H2,1-3H3. The quantitative estimate of drug-likeness (QED) is 0.753. The first-order chi connectivity index (χ1) is 11.2. The molecular weight excluding hydrogens is 286 g/mol. The summed E-state index contributed by atoms with van der Waals surface area (Å²) in [6, 6.07) is 4.54. The minimum atomic E-state index is 0.273. The molecule has 124 valence electrons. The second kappa shape index (κ2) is 6.73. The number of hydrogen-bond acceptors (Lipinski definition) is 2. The van der Waals surface area contributed by atoms with Crippen LogP contribution < -0.4 is 4.90 Å². The van der Waals surface area contributed by atoms with Gasteiger partial charge in [0.15, 0.2) is 0 Å². The zero-order chi connectivity index (χ0) is 16.4. The van der Waals surface area contributed by atoms with Crippen molar-refractivity contribution >= 4 is 23.1 Å². The third kappa shape index (κ3) is 2.75. The second-order valence-electron chi connectivity index (χ2n) is 6.61. The number of hydrogen-bond donors (Lipinski definition) is 0. The van der Waals surface area contributed by atoms with E-state index in [-0.39, 0.29) is 6.04 Å². The van der Waals surface area contributed by atoms with Gasteiger partial charge >= 0.3 is 0 Å². The molecule has 0 bridgehead atoms. The second-order valence-corrected chi connectivity index (χ2v) is 6.61. The molecule has 3 rings (SSSR count). The fourth-order valence-corrected chi connectivity index (χ4v) is 3.64. The number of benzene rings is 1. The zero-order valence-corrected chi connectivity index (χ0v) is 14.5. The van der Waals surface area contributed by atoms with Crippen LogP contribution in [-0.4, -0.2) is 22.0 Å². The summed E-state index contributed by atoms with van der Waals surface area (Å²) in [5, 5.41) is 0. The molecule has 0 N–H and O–H groups in total. The van der Waals surface area contributed by atoms with Gasteiger partial charge in [-0.15, -0.1) is 0 Å². The fraction of sp³-hybridized carbons (Fsp3) is 0.579. The van der Waals surface area contributed by atoms with Crippen LogP contribution in [0, 0.1) is 0 Å². The highest BCUT2D eigenvalue weighted by atomic mass is 16.1. The fourth-order valence-electron chi connectivity index (χ4n) is 3.64. The van der Waals surface area contributed by atoms with E-state index in [1.54, 1.807) is 0 Å². The van der Waals surface area contributed by atoms with Crippen LogP contribution in [-0.2, 0) is 24.2 Å². The van der Waals surface area contributed by atoms with Gasteiger partial charge in [-0.25, -0.2) is 4.98 Å². The summed E-state index contributed by atoms with van der Waals surface area (Å²) >= 11 is 0. The van der Waals surface area contributed by atoms with Gasteiger partial charge in [-0.05, 0) is 44.7 Å². The molecule has 1 amide bonds. The van der Waals surface area contributed by atoms with Crippen molar-refractivity contribution in [1.29, 1.82) is 0 Å². The highest BCUT2D eigenvalue weighted by Gasteiger charge is 2.26. The molecule has 0 spiro atoms. The third-order valence-corrected chi connectivity index (χ3v) is 4.97. The summed E-state index contributed by atoms with van der Waals surface area (Å²) in [5.74, 6) is 1.20. The molecule has 1 aliphatic rings. The van der Waals surface area contributed by atoms with Crippen molar-refractivity contribution < 1.29 is 4.79 Å². The molecule has 4 heteroatoms. The Morgan fingerprint density at radius 2 is 2.13 bits per heavy atom. The zero-order valence-electron chi connectivity index (χ0n) is 14.5. The van der Waals surface area contributed by atoms with Gasteiger partial charge in [0.25, 0.3) is 0 Å². The van der Waals surface area contributed by atoms with E-state index in [0.717, 1.165) is 49.8 Å². The largest absolute Gasteiger partial charge is 0.328 e. The van der Waals surface area contributed by atoms with Gasteiger partial charge in [0.2, 0.25) is 6.41 Å². The Morgan fingerprint density at radius 1 is 1.30 bits per heavy atom. The highest BCUT2D eigenvalue weighted by Crippen LogP contribution is 2.35. The first-order valence-electron chi connectivity index (χ1n) is 8.95. The van der Waals surface area contributed by atoms with Crippen molar-refractivity contribution in [3.05, 3.63) is 23.5 Å². The number of carbonyl (C=O) groups is 1. The van der Waals surface area contributed by atoms with E-state index in [1.807, 2.05) is 4.90 Å². The van der Waals surface area contributed by atoms with Gasteiger partial charge in [-0.2, -0.15) is 0 Å². The molecule has 2 heterocycles. The molecule has 2 aromatic rings. The van der Waals surface area contributed by atoms with Crippen molar-refractivity contribution in [1.82, 2.24) is 9.55 Å². The highest BCUT2D eigenvalue weighted by molar-refractivity contribution is 5.90. The normalized spacial score (nSPS) is 17.5. The SMILES string of the molecule is CCCCn1c(CCC)nc2c3c(ccc21)N(C=O)C(C)CC3. The van der Waals surface area contributed by atoms with E-state index in [2.05, 4.69) is 37.5 Å². The van der Waals surface area contributed by atoms with Gasteiger partial charge < -0.3 is 9.47 Å². The number of amides is 1. The summed E-state index contributed by atoms with van der Waals surface area (Å²) in [6.07, 6.45) is 7.47. The number of imidazole rings is 1. The molecule has 1 aliphatic heterocycles. The number of aryl methyl sites for hydroxylation is 3. The molecule has 4 nitrogen and oxygen atoms in total. The van der Waals surface area contributed by atoms with Crippen LogP contribution in [0.2, 0.25) is 0 Å². The maximum absolute atomic E-state index is 11.5. The third-order valence-electron chi connectivity index (χ3n) is 4.97. The van der Waals surface area contributed by atoms with Crippen LogP contribution in [0.5, 0.6) is 0 Å². The number of unbranched alkanes of at least 4 members (excludes halogenated alkanes) is 1. The predicted octanol–water partition coefficient (Wildman–Crippen LogP) is 4.09. The van der Waals surface area contributed by atoms with Crippen molar-refractivity contribution in [3.8, 4) is 0 Å². The van der Waals surface area contributed by atoms with E-state index >= 15 is 0 Å². The van der Waals surface area contributed by atoms with Crippen molar-refractivity contribution in [3.63, 3.8) is 0 Å². The molecule has 0 saturated carbocycles. The van der Waals surface area contributed by atoms with E-state index in [9.17, 15) is 4.79 Å². The summed E-state index contributed by atoms with van der Waals surface area (Å²) in [7, 11) is 0. The summed E-state index contributed by atoms with van der Waals surface area (Å²) in [4.78, 5) is 18.3.